The number of rotatable bonds is 2. The van der Waals surface area contributed by atoms with E-state index in [9.17, 15) is 0 Å². The van der Waals surface area contributed by atoms with Crippen LogP contribution < -0.4 is 0 Å². The van der Waals surface area contributed by atoms with Crippen LogP contribution in [0, 0.1) is 12.8 Å². The molecule has 5 rings (SSSR count). The van der Waals surface area contributed by atoms with Gasteiger partial charge in [0.05, 0.1) is 5.69 Å². The van der Waals surface area contributed by atoms with Gasteiger partial charge in [-0.1, -0.05) is 55.5 Å². The molecule has 4 aromatic rings. The van der Waals surface area contributed by atoms with Gasteiger partial charge in [0.1, 0.15) is 11.3 Å². The van der Waals surface area contributed by atoms with Gasteiger partial charge in [0.2, 0.25) is 0 Å². The SMILES string of the molecule is Cc1cc(-c2ccc3c4c(oc3c2)CC(C)C=C4)nc(-c2ccccc2)n1. The summed E-state index contributed by atoms with van der Waals surface area (Å²) in [5.74, 6) is 2.36. The summed E-state index contributed by atoms with van der Waals surface area (Å²) in [6, 6.07) is 18.5. The van der Waals surface area contributed by atoms with E-state index >= 15 is 0 Å². The molecule has 0 amide bonds. The number of hydrogen-bond donors (Lipinski definition) is 0. The Labute approximate surface area is 158 Å². The molecular formula is C24H20N2O. The first-order valence-electron chi connectivity index (χ1n) is 9.32. The van der Waals surface area contributed by atoms with Crippen LogP contribution in [0.3, 0.4) is 0 Å². The molecule has 2 heterocycles. The predicted octanol–water partition coefficient (Wildman–Crippen LogP) is 6.07. The highest BCUT2D eigenvalue weighted by Crippen LogP contribution is 2.35. The highest BCUT2D eigenvalue weighted by Gasteiger charge is 2.18. The van der Waals surface area contributed by atoms with Crippen molar-refractivity contribution in [1.82, 2.24) is 9.97 Å². The van der Waals surface area contributed by atoms with E-state index in [4.69, 9.17) is 9.40 Å². The van der Waals surface area contributed by atoms with Crippen LogP contribution in [0.25, 0.3) is 39.7 Å². The zero-order valence-electron chi connectivity index (χ0n) is 15.4. The van der Waals surface area contributed by atoms with Crippen molar-refractivity contribution in [2.75, 3.05) is 0 Å². The van der Waals surface area contributed by atoms with Crippen LogP contribution in [-0.2, 0) is 6.42 Å². The molecule has 1 aliphatic carbocycles. The molecule has 0 bridgehead atoms. The molecule has 1 atom stereocenters. The van der Waals surface area contributed by atoms with Gasteiger partial charge in [-0.25, -0.2) is 9.97 Å². The Morgan fingerprint density at radius 2 is 1.81 bits per heavy atom. The van der Waals surface area contributed by atoms with Crippen LogP contribution in [0.15, 0.2) is 65.1 Å². The zero-order valence-corrected chi connectivity index (χ0v) is 15.4. The van der Waals surface area contributed by atoms with Gasteiger partial charge in [0.25, 0.3) is 0 Å². The normalized spacial score (nSPS) is 15.9. The van der Waals surface area contributed by atoms with Crippen molar-refractivity contribution >= 4 is 17.0 Å². The second kappa shape index (κ2) is 6.20. The van der Waals surface area contributed by atoms with Crippen LogP contribution in [0.2, 0.25) is 0 Å². The minimum absolute atomic E-state index is 0.524. The molecule has 3 heteroatoms. The minimum Gasteiger partial charge on any atom is -0.460 e. The summed E-state index contributed by atoms with van der Waals surface area (Å²) in [6.07, 6.45) is 5.41. The van der Waals surface area contributed by atoms with Crippen molar-refractivity contribution < 1.29 is 4.42 Å². The Hall–Kier alpha value is -3.20. The molecule has 3 nitrogen and oxygen atoms in total. The highest BCUT2D eigenvalue weighted by atomic mass is 16.3. The molecule has 0 N–H and O–H groups in total. The van der Waals surface area contributed by atoms with Gasteiger partial charge in [-0.05, 0) is 31.0 Å². The molecule has 132 valence electrons. The van der Waals surface area contributed by atoms with Gasteiger partial charge in [-0.3, -0.25) is 0 Å². The summed E-state index contributed by atoms with van der Waals surface area (Å²) in [5.41, 5.74) is 6.09. The summed E-state index contributed by atoms with van der Waals surface area (Å²) >= 11 is 0. The summed E-state index contributed by atoms with van der Waals surface area (Å²) in [4.78, 5) is 9.42. The van der Waals surface area contributed by atoms with Gasteiger partial charge in [-0.2, -0.15) is 0 Å². The Kier molecular flexibility index (Phi) is 3.68. The minimum atomic E-state index is 0.524. The predicted molar refractivity (Wildman–Crippen MR) is 109 cm³/mol. The van der Waals surface area contributed by atoms with Gasteiger partial charge in [0, 0.05) is 34.2 Å². The molecule has 0 aliphatic heterocycles. The number of benzene rings is 2. The molecule has 2 aromatic carbocycles. The fraction of sp³-hybridized carbons (Fsp3) is 0.167. The first-order valence-corrected chi connectivity index (χ1v) is 9.32. The van der Waals surface area contributed by atoms with E-state index in [1.54, 1.807) is 0 Å². The van der Waals surface area contributed by atoms with E-state index in [1.807, 2.05) is 43.3 Å². The number of furan rings is 1. The Morgan fingerprint density at radius 1 is 0.963 bits per heavy atom. The van der Waals surface area contributed by atoms with Crippen LogP contribution in [0.4, 0.5) is 0 Å². The summed E-state index contributed by atoms with van der Waals surface area (Å²) in [7, 11) is 0. The Morgan fingerprint density at radius 3 is 2.67 bits per heavy atom. The second-order valence-electron chi connectivity index (χ2n) is 7.27. The number of nitrogens with zero attached hydrogens (tertiary/aromatic N) is 2. The lowest BCUT2D eigenvalue weighted by Crippen LogP contribution is -2.00. The first-order chi connectivity index (χ1) is 13.2. The van der Waals surface area contributed by atoms with Gasteiger partial charge in [-0.15, -0.1) is 0 Å². The third kappa shape index (κ3) is 2.85. The highest BCUT2D eigenvalue weighted by molar-refractivity contribution is 5.91. The van der Waals surface area contributed by atoms with Crippen molar-refractivity contribution in [3.8, 4) is 22.6 Å². The molecule has 0 saturated heterocycles. The maximum atomic E-state index is 6.17. The number of aryl methyl sites for hydroxylation is 1. The molecule has 27 heavy (non-hydrogen) atoms. The number of aromatic nitrogens is 2. The van der Waals surface area contributed by atoms with Crippen LogP contribution in [-0.4, -0.2) is 9.97 Å². The third-order valence-corrected chi connectivity index (χ3v) is 5.09. The average Bonchev–Trinajstić information content (AvgIpc) is 3.04. The van der Waals surface area contributed by atoms with Crippen LogP contribution in [0.5, 0.6) is 0 Å². The lowest BCUT2D eigenvalue weighted by molar-refractivity contribution is 0.513. The second-order valence-corrected chi connectivity index (χ2v) is 7.27. The van der Waals surface area contributed by atoms with Gasteiger partial charge < -0.3 is 4.42 Å². The summed E-state index contributed by atoms with van der Waals surface area (Å²) in [5, 5.41) is 1.17. The molecule has 1 aliphatic rings. The lowest BCUT2D eigenvalue weighted by atomic mass is 9.95. The molecule has 2 aromatic heterocycles. The smallest absolute Gasteiger partial charge is 0.160 e. The quantitative estimate of drug-likeness (QED) is 0.439. The van der Waals surface area contributed by atoms with Crippen LogP contribution in [0.1, 0.15) is 23.9 Å². The average molecular weight is 352 g/mol. The molecule has 0 spiro atoms. The third-order valence-electron chi connectivity index (χ3n) is 5.09. The molecule has 0 radical (unpaired) electrons. The van der Waals surface area contributed by atoms with Crippen molar-refractivity contribution in [3.63, 3.8) is 0 Å². The van der Waals surface area contributed by atoms with E-state index in [0.717, 1.165) is 46.1 Å². The summed E-state index contributed by atoms with van der Waals surface area (Å²) in [6.45, 7) is 4.22. The summed E-state index contributed by atoms with van der Waals surface area (Å²) < 4.78 is 6.17. The van der Waals surface area contributed by atoms with E-state index in [2.05, 4.69) is 42.3 Å². The Bertz CT molecular complexity index is 1170. The molecular weight excluding hydrogens is 332 g/mol. The van der Waals surface area contributed by atoms with Crippen molar-refractivity contribution in [2.24, 2.45) is 5.92 Å². The van der Waals surface area contributed by atoms with Crippen LogP contribution >= 0.6 is 0 Å². The molecule has 0 fully saturated rings. The molecule has 1 unspecified atom stereocenters. The van der Waals surface area contributed by atoms with Gasteiger partial charge in [0.15, 0.2) is 5.82 Å². The number of allylic oxidation sites excluding steroid dienone is 1. The fourth-order valence-corrected chi connectivity index (χ4v) is 3.71. The zero-order chi connectivity index (χ0) is 18.4. The van der Waals surface area contributed by atoms with Gasteiger partial charge >= 0.3 is 0 Å². The van der Waals surface area contributed by atoms with Crippen molar-refractivity contribution in [3.05, 3.63) is 77.7 Å². The lowest BCUT2D eigenvalue weighted by Gasteiger charge is -2.09. The Balaban J connectivity index is 1.62. The maximum absolute atomic E-state index is 6.17. The fourth-order valence-electron chi connectivity index (χ4n) is 3.71. The molecule has 0 saturated carbocycles. The largest absolute Gasteiger partial charge is 0.460 e. The number of hydrogen-bond acceptors (Lipinski definition) is 3. The van der Waals surface area contributed by atoms with E-state index in [-0.39, 0.29) is 0 Å². The van der Waals surface area contributed by atoms with Crippen molar-refractivity contribution in [2.45, 2.75) is 20.3 Å². The standard InChI is InChI=1S/C24H20N2O/c1-15-8-10-19-20-11-9-18(14-23(20)27-22(19)12-15)21-13-16(2)25-24(26-21)17-6-4-3-5-7-17/h3-11,13-15H,12H2,1-2H3. The maximum Gasteiger partial charge on any atom is 0.160 e. The van der Waals surface area contributed by atoms with E-state index < -0.39 is 0 Å². The monoisotopic (exact) mass is 352 g/mol. The number of fused-ring (bicyclic) bond motifs is 3. The topological polar surface area (TPSA) is 38.9 Å². The van der Waals surface area contributed by atoms with Crippen molar-refractivity contribution in [1.29, 1.82) is 0 Å². The van der Waals surface area contributed by atoms with E-state index in [0.29, 0.717) is 5.92 Å². The van der Waals surface area contributed by atoms with E-state index in [1.165, 1.54) is 10.9 Å². The first kappa shape index (κ1) is 16.0.